The lowest BCUT2D eigenvalue weighted by Gasteiger charge is -2.37. The van der Waals surface area contributed by atoms with E-state index in [0.717, 1.165) is 11.8 Å². The normalized spacial score (nSPS) is 30.4. The van der Waals surface area contributed by atoms with Crippen LogP contribution in [0.4, 0.5) is 4.39 Å². The molecule has 0 spiro atoms. The van der Waals surface area contributed by atoms with E-state index < -0.39 is 5.97 Å². The van der Waals surface area contributed by atoms with Crippen molar-refractivity contribution in [2.24, 2.45) is 17.8 Å². The van der Waals surface area contributed by atoms with Crippen molar-refractivity contribution >= 4 is 5.97 Å². The van der Waals surface area contributed by atoms with Gasteiger partial charge in [-0.15, -0.1) is 0 Å². The van der Waals surface area contributed by atoms with Crippen LogP contribution in [0.2, 0.25) is 0 Å². The van der Waals surface area contributed by atoms with E-state index in [2.05, 4.69) is 6.08 Å². The molecule has 0 amide bonds. The van der Waals surface area contributed by atoms with Crippen LogP contribution in [0.5, 0.6) is 0 Å². The van der Waals surface area contributed by atoms with Gasteiger partial charge < -0.3 is 5.11 Å². The fraction of sp³-hybridized carbons (Fsp3) is 0.591. The van der Waals surface area contributed by atoms with Gasteiger partial charge in [0.1, 0.15) is 5.82 Å². The Morgan fingerprint density at radius 1 is 0.960 bits per heavy atom. The number of aliphatic carboxylic acids is 1. The van der Waals surface area contributed by atoms with Gasteiger partial charge in [-0.2, -0.15) is 0 Å². The molecule has 1 N–H and O–H groups in total. The van der Waals surface area contributed by atoms with Crippen molar-refractivity contribution in [1.82, 2.24) is 0 Å². The van der Waals surface area contributed by atoms with Crippen LogP contribution in [0, 0.1) is 23.6 Å². The van der Waals surface area contributed by atoms with Crippen molar-refractivity contribution in [3.8, 4) is 0 Å². The zero-order valence-corrected chi connectivity index (χ0v) is 14.9. The molecule has 2 saturated carbocycles. The van der Waals surface area contributed by atoms with Crippen LogP contribution < -0.4 is 0 Å². The molecule has 0 aromatic heterocycles. The van der Waals surface area contributed by atoms with Gasteiger partial charge in [0.2, 0.25) is 0 Å². The number of benzene rings is 1. The molecular formula is C22H29FO2. The molecular weight excluding hydrogens is 315 g/mol. The average Bonchev–Trinajstić information content (AvgIpc) is 2.63. The van der Waals surface area contributed by atoms with E-state index in [9.17, 15) is 9.18 Å². The van der Waals surface area contributed by atoms with Crippen LogP contribution in [0.3, 0.4) is 0 Å². The number of halogens is 1. The van der Waals surface area contributed by atoms with Crippen LogP contribution in [-0.2, 0) is 4.79 Å². The maximum absolute atomic E-state index is 13.1. The van der Waals surface area contributed by atoms with Crippen molar-refractivity contribution in [2.75, 3.05) is 0 Å². The third-order valence-electron chi connectivity index (χ3n) is 6.30. The molecule has 0 heterocycles. The summed E-state index contributed by atoms with van der Waals surface area (Å²) >= 11 is 0. The lowest BCUT2D eigenvalue weighted by Crippen LogP contribution is -2.25. The Balaban J connectivity index is 1.42. The fourth-order valence-electron chi connectivity index (χ4n) is 4.83. The van der Waals surface area contributed by atoms with Crippen LogP contribution in [0.1, 0.15) is 69.3 Å². The minimum absolute atomic E-state index is 0.146. The summed E-state index contributed by atoms with van der Waals surface area (Å²) in [7, 11) is 0. The van der Waals surface area contributed by atoms with Crippen molar-refractivity contribution in [3.63, 3.8) is 0 Å². The molecule has 0 radical (unpaired) electrons. The predicted octanol–water partition coefficient (Wildman–Crippen LogP) is 5.94. The molecule has 2 fully saturated rings. The Labute approximate surface area is 150 Å². The summed E-state index contributed by atoms with van der Waals surface area (Å²) in [5.41, 5.74) is 1.30. The highest BCUT2D eigenvalue weighted by Gasteiger charge is 2.30. The van der Waals surface area contributed by atoms with E-state index in [1.165, 1.54) is 56.9 Å². The zero-order valence-electron chi connectivity index (χ0n) is 14.9. The first-order valence-corrected chi connectivity index (χ1v) is 9.75. The molecule has 2 nitrogen and oxygen atoms in total. The summed E-state index contributed by atoms with van der Waals surface area (Å²) in [5.74, 6) is 1.98. The molecule has 0 atom stereocenters. The van der Waals surface area contributed by atoms with Crippen LogP contribution in [-0.4, -0.2) is 11.1 Å². The number of hydrogen-bond acceptors (Lipinski definition) is 1. The zero-order chi connectivity index (χ0) is 17.6. The highest BCUT2D eigenvalue weighted by atomic mass is 19.1. The molecule has 0 unspecified atom stereocenters. The topological polar surface area (TPSA) is 37.3 Å². The molecule has 0 saturated heterocycles. The van der Waals surface area contributed by atoms with Gasteiger partial charge in [0.25, 0.3) is 0 Å². The highest BCUT2D eigenvalue weighted by molar-refractivity contribution is 5.68. The molecule has 3 heteroatoms. The Morgan fingerprint density at radius 2 is 1.52 bits per heavy atom. The summed E-state index contributed by atoms with van der Waals surface area (Å²) in [4.78, 5) is 10.6. The lowest BCUT2D eigenvalue weighted by atomic mass is 9.68. The highest BCUT2D eigenvalue weighted by Crippen LogP contribution is 2.44. The van der Waals surface area contributed by atoms with Crippen LogP contribution in [0.25, 0.3) is 0 Å². The quantitative estimate of drug-likeness (QED) is 0.671. The van der Waals surface area contributed by atoms with Crippen molar-refractivity contribution in [1.29, 1.82) is 0 Å². The minimum atomic E-state index is -0.747. The van der Waals surface area contributed by atoms with Gasteiger partial charge in [-0.25, -0.2) is 4.39 Å². The number of allylic oxidation sites excluding steroid dienone is 1. The fourth-order valence-corrected chi connectivity index (χ4v) is 4.83. The Bertz CT molecular complexity index is 577. The first-order chi connectivity index (χ1) is 12.1. The van der Waals surface area contributed by atoms with Gasteiger partial charge in [0.05, 0.1) is 6.42 Å². The number of hydrogen-bond donors (Lipinski definition) is 1. The standard InChI is InChI=1S/C22H29FO2/c23-21-14-12-20(13-15-21)19-10-8-18(9-11-19)17-6-4-16(5-7-17)2-1-3-22(24)25/h1-2,12-19H,3-11H2,(H,24,25)/t16-,17-,18-,19-. The number of carboxylic acids is 1. The van der Waals surface area contributed by atoms with Gasteiger partial charge in [-0.1, -0.05) is 24.3 Å². The summed E-state index contributed by atoms with van der Waals surface area (Å²) in [6.45, 7) is 0. The number of carbonyl (C=O) groups is 1. The van der Waals surface area contributed by atoms with Crippen molar-refractivity contribution in [2.45, 2.75) is 63.7 Å². The van der Waals surface area contributed by atoms with E-state index in [0.29, 0.717) is 11.8 Å². The number of rotatable bonds is 5. The summed E-state index contributed by atoms with van der Waals surface area (Å²) in [5, 5.41) is 8.70. The SMILES string of the molecule is O=C(O)CC=C[C@H]1CC[C@H]([C@H]2CC[C@H](c3ccc(F)cc3)CC2)CC1. The van der Waals surface area contributed by atoms with Gasteiger partial charge in [-0.3, -0.25) is 4.79 Å². The van der Waals surface area contributed by atoms with Gasteiger partial charge in [-0.05, 0) is 92.7 Å². The third-order valence-corrected chi connectivity index (χ3v) is 6.30. The molecule has 0 aliphatic heterocycles. The second kappa shape index (κ2) is 8.64. The van der Waals surface area contributed by atoms with Gasteiger partial charge in [0.15, 0.2) is 0 Å². The molecule has 2 aliphatic carbocycles. The smallest absolute Gasteiger partial charge is 0.307 e. The van der Waals surface area contributed by atoms with E-state index in [4.69, 9.17) is 5.11 Å². The predicted molar refractivity (Wildman–Crippen MR) is 97.9 cm³/mol. The van der Waals surface area contributed by atoms with E-state index in [1.54, 1.807) is 12.1 Å². The largest absolute Gasteiger partial charge is 0.481 e. The van der Waals surface area contributed by atoms with Crippen molar-refractivity contribution < 1.29 is 14.3 Å². The molecule has 1 aromatic carbocycles. The summed E-state index contributed by atoms with van der Waals surface area (Å²) in [6.07, 6.45) is 14.1. The number of carboxylic acid groups (broad SMARTS) is 1. The lowest BCUT2D eigenvalue weighted by molar-refractivity contribution is -0.136. The van der Waals surface area contributed by atoms with Gasteiger partial charge >= 0.3 is 5.97 Å². The van der Waals surface area contributed by atoms with Crippen molar-refractivity contribution in [3.05, 3.63) is 47.8 Å². The molecule has 0 bridgehead atoms. The first kappa shape index (κ1) is 18.2. The first-order valence-electron chi connectivity index (χ1n) is 9.75. The summed E-state index contributed by atoms with van der Waals surface area (Å²) in [6, 6.07) is 7.07. The molecule has 25 heavy (non-hydrogen) atoms. The van der Waals surface area contributed by atoms with E-state index in [-0.39, 0.29) is 12.2 Å². The Hall–Kier alpha value is -1.64. The van der Waals surface area contributed by atoms with E-state index >= 15 is 0 Å². The second-order valence-corrected chi connectivity index (χ2v) is 7.86. The maximum atomic E-state index is 13.1. The van der Waals surface area contributed by atoms with Crippen LogP contribution >= 0.6 is 0 Å². The van der Waals surface area contributed by atoms with Crippen LogP contribution in [0.15, 0.2) is 36.4 Å². The monoisotopic (exact) mass is 344 g/mol. The molecule has 136 valence electrons. The van der Waals surface area contributed by atoms with E-state index in [1.807, 2.05) is 18.2 Å². The van der Waals surface area contributed by atoms with Gasteiger partial charge in [0, 0.05) is 0 Å². The minimum Gasteiger partial charge on any atom is -0.481 e. The summed E-state index contributed by atoms with van der Waals surface area (Å²) < 4.78 is 13.1. The second-order valence-electron chi connectivity index (χ2n) is 7.86. The Morgan fingerprint density at radius 3 is 2.08 bits per heavy atom. The molecule has 1 aromatic rings. The molecule has 3 rings (SSSR count). The Kier molecular flexibility index (Phi) is 6.28. The maximum Gasteiger partial charge on any atom is 0.307 e. The average molecular weight is 344 g/mol. The third kappa shape index (κ3) is 5.17. The molecule has 2 aliphatic rings.